The average molecular weight is 356 g/mol. The summed E-state index contributed by atoms with van der Waals surface area (Å²) in [4.78, 5) is 18.5. The lowest BCUT2D eigenvalue weighted by Gasteiger charge is -2.29. The van der Waals surface area contributed by atoms with Crippen LogP contribution in [0.3, 0.4) is 0 Å². The zero-order valence-electron chi connectivity index (χ0n) is 16.1. The van der Waals surface area contributed by atoms with E-state index in [1.807, 2.05) is 12.1 Å². The fourth-order valence-corrected chi connectivity index (χ4v) is 3.30. The molecule has 1 N–H and O–H groups in total. The molecule has 1 saturated heterocycles. The van der Waals surface area contributed by atoms with Gasteiger partial charge in [0.1, 0.15) is 0 Å². The van der Waals surface area contributed by atoms with Crippen molar-refractivity contribution >= 4 is 5.91 Å². The van der Waals surface area contributed by atoms with Crippen LogP contribution in [0.15, 0.2) is 28.8 Å². The highest BCUT2D eigenvalue weighted by Crippen LogP contribution is 2.25. The summed E-state index contributed by atoms with van der Waals surface area (Å²) in [5, 5.41) is 6.86. The van der Waals surface area contributed by atoms with Crippen molar-refractivity contribution < 1.29 is 9.32 Å². The Bertz CT molecular complexity index is 738. The minimum Gasteiger partial charge on any atom is -0.359 e. The molecule has 0 atom stereocenters. The molecular weight excluding hydrogens is 328 g/mol. The van der Waals surface area contributed by atoms with Crippen molar-refractivity contribution in [3.8, 4) is 11.4 Å². The van der Waals surface area contributed by atoms with E-state index in [0.29, 0.717) is 18.3 Å². The van der Waals surface area contributed by atoms with E-state index in [4.69, 9.17) is 4.52 Å². The Hall–Kier alpha value is -2.21. The number of hydrogen-bond donors (Lipinski definition) is 1. The van der Waals surface area contributed by atoms with Crippen LogP contribution in [0, 0.1) is 5.92 Å². The number of carbonyl (C=O) groups is 1. The lowest BCUT2D eigenvalue weighted by atomic mass is 9.87. The first kappa shape index (κ1) is 18.6. The van der Waals surface area contributed by atoms with Gasteiger partial charge in [0.25, 0.3) is 0 Å². The number of nitrogens with zero attached hydrogens (tertiary/aromatic N) is 3. The van der Waals surface area contributed by atoms with Crippen LogP contribution in [0.5, 0.6) is 0 Å². The van der Waals surface area contributed by atoms with Crippen LogP contribution in [-0.4, -0.2) is 41.1 Å². The maximum atomic E-state index is 11.7. The third-order valence-corrected chi connectivity index (χ3v) is 5.04. The number of likely N-dealkylation sites (tertiary alicyclic amines) is 1. The van der Waals surface area contributed by atoms with Crippen molar-refractivity contribution in [1.29, 1.82) is 0 Å². The lowest BCUT2D eigenvalue weighted by molar-refractivity contribution is -0.125. The predicted octanol–water partition coefficient (Wildman–Crippen LogP) is 2.99. The average Bonchev–Trinajstić information content (AvgIpc) is 3.09. The predicted molar refractivity (Wildman–Crippen MR) is 101 cm³/mol. The van der Waals surface area contributed by atoms with Gasteiger partial charge >= 0.3 is 0 Å². The summed E-state index contributed by atoms with van der Waals surface area (Å²) in [5.41, 5.74) is 2.37. The van der Waals surface area contributed by atoms with Crippen molar-refractivity contribution in [2.75, 3.05) is 20.1 Å². The second-order valence-electron chi connectivity index (χ2n) is 8.00. The Morgan fingerprint density at radius 2 is 1.88 bits per heavy atom. The molecule has 6 heteroatoms. The fraction of sp³-hybridized carbons (Fsp3) is 0.550. The molecule has 1 aromatic heterocycles. The minimum atomic E-state index is 0.121. The van der Waals surface area contributed by atoms with Gasteiger partial charge in [0.2, 0.25) is 17.6 Å². The number of carbonyl (C=O) groups excluding carboxylic acids is 1. The fourth-order valence-electron chi connectivity index (χ4n) is 3.30. The molecule has 1 fully saturated rings. The molecule has 1 amide bonds. The summed E-state index contributed by atoms with van der Waals surface area (Å²) in [5.74, 6) is 1.51. The molecule has 0 aliphatic carbocycles. The molecule has 0 bridgehead atoms. The van der Waals surface area contributed by atoms with E-state index in [1.165, 1.54) is 5.56 Å². The topological polar surface area (TPSA) is 71.3 Å². The van der Waals surface area contributed by atoms with E-state index in [-0.39, 0.29) is 17.2 Å². The van der Waals surface area contributed by atoms with Crippen molar-refractivity contribution in [2.24, 2.45) is 5.92 Å². The number of piperidine rings is 1. The number of hydrogen-bond acceptors (Lipinski definition) is 5. The number of rotatable bonds is 4. The molecule has 1 aliphatic heterocycles. The molecule has 26 heavy (non-hydrogen) atoms. The Morgan fingerprint density at radius 1 is 1.23 bits per heavy atom. The van der Waals surface area contributed by atoms with Crippen LogP contribution in [0.2, 0.25) is 0 Å². The summed E-state index contributed by atoms with van der Waals surface area (Å²) in [7, 11) is 1.70. The number of aromatic nitrogens is 2. The van der Waals surface area contributed by atoms with Gasteiger partial charge < -0.3 is 9.84 Å². The van der Waals surface area contributed by atoms with Crippen LogP contribution < -0.4 is 5.32 Å². The van der Waals surface area contributed by atoms with Gasteiger partial charge in [0, 0.05) is 18.5 Å². The van der Waals surface area contributed by atoms with Crippen LogP contribution in [0.4, 0.5) is 0 Å². The second kappa shape index (κ2) is 7.58. The summed E-state index contributed by atoms with van der Waals surface area (Å²) in [6.45, 7) is 8.96. The Labute approximate surface area is 155 Å². The molecule has 0 saturated carbocycles. The van der Waals surface area contributed by atoms with Gasteiger partial charge in [-0.3, -0.25) is 9.69 Å². The highest BCUT2D eigenvalue weighted by molar-refractivity contribution is 5.78. The zero-order chi connectivity index (χ0) is 18.7. The van der Waals surface area contributed by atoms with Crippen molar-refractivity contribution in [1.82, 2.24) is 20.4 Å². The van der Waals surface area contributed by atoms with Gasteiger partial charge in [0.05, 0.1) is 6.54 Å². The molecule has 2 aromatic rings. The second-order valence-corrected chi connectivity index (χ2v) is 8.00. The van der Waals surface area contributed by atoms with Crippen molar-refractivity contribution in [3.05, 3.63) is 35.7 Å². The summed E-state index contributed by atoms with van der Waals surface area (Å²) in [6.07, 6.45) is 1.74. The molecule has 2 heterocycles. The van der Waals surface area contributed by atoms with E-state index in [1.54, 1.807) is 7.05 Å². The van der Waals surface area contributed by atoms with Crippen molar-refractivity contribution in [2.45, 2.75) is 45.6 Å². The van der Waals surface area contributed by atoms with Gasteiger partial charge in [-0.2, -0.15) is 4.98 Å². The van der Waals surface area contributed by atoms with E-state index < -0.39 is 0 Å². The normalized spacial score (nSPS) is 16.6. The molecule has 0 spiro atoms. The highest BCUT2D eigenvalue weighted by Gasteiger charge is 2.25. The first-order valence-electron chi connectivity index (χ1n) is 9.24. The maximum absolute atomic E-state index is 11.7. The van der Waals surface area contributed by atoms with E-state index in [2.05, 4.69) is 53.3 Å². The van der Waals surface area contributed by atoms with Crippen LogP contribution in [-0.2, 0) is 16.8 Å². The van der Waals surface area contributed by atoms with Gasteiger partial charge in [0.15, 0.2) is 0 Å². The zero-order valence-corrected chi connectivity index (χ0v) is 16.1. The number of amides is 1. The third kappa shape index (κ3) is 4.30. The smallest absolute Gasteiger partial charge is 0.241 e. The molecule has 1 aliphatic rings. The standard InChI is InChI=1S/C20H28N4O2/c1-20(2,3)16-7-5-14(6-8-16)18-22-17(26-23-18)13-24-11-9-15(10-12-24)19(25)21-4/h5-8,15H,9-13H2,1-4H3,(H,21,25). The molecule has 1 aromatic carbocycles. The first-order valence-corrected chi connectivity index (χ1v) is 9.24. The Morgan fingerprint density at radius 3 is 2.46 bits per heavy atom. The lowest BCUT2D eigenvalue weighted by Crippen LogP contribution is -2.39. The van der Waals surface area contributed by atoms with Gasteiger partial charge in [-0.25, -0.2) is 0 Å². The molecule has 6 nitrogen and oxygen atoms in total. The largest absolute Gasteiger partial charge is 0.359 e. The summed E-state index contributed by atoms with van der Waals surface area (Å²) in [6, 6.07) is 8.33. The Kier molecular flexibility index (Phi) is 5.41. The van der Waals surface area contributed by atoms with Crippen molar-refractivity contribution in [3.63, 3.8) is 0 Å². The van der Waals surface area contributed by atoms with Crippen LogP contribution >= 0.6 is 0 Å². The Balaban J connectivity index is 1.59. The van der Waals surface area contributed by atoms with Gasteiger partial charge in [-0.15, -0.1) is 0 Å². The van der Waals surface area contributed by atoms with Gasteiger partial charge in [-0.1, -0.05) is 50.2 Å². The molecule has 3 rings (SSSR count). The first-order chi connectivity index (χ1) is 12.4. The molecule has 0 unspecified atom stereocenters. The van der Waals surface area contributed by atoms with E-state index >= 15 is 0 Å². The molecular formula is C20H28N4O2. The quantitative estimate of drug-likeness (QED) is 0.912. The number of benzene rings is 1. The third-order valence-electron chi connectivity index (χ3n) is 5.04. The summed E-state index contributed by atoms with van der Waals surface area (Å²) >= 11 is 0. The monoisotopic (exact) mass is 356 g/mol. The SMILES string of the molecule is CNC(=O)C1CCN(Cc2nc(-c3ccc(C(C)(C)C)cc3)no2)CC1. The van der Waals surface area contributed by atoms with E-state index in [0.717, 1.165) is 31.5 Å². The van der Waals surface area contributed by atoms with Crippen LogP contribution in [0.25, 0.3) is 11.4 Å². The van der Waals surface area contributed by atoms with Crippen LogP contribution in [0.1, 0.15) is 45.1 Å². The van der Waals surface area contributed by atoms with E-state index in [9.17, 15) is 4.79 Å². The maximum Gasteiger partial charge on any atom is 0.241 e. The van der Waals surface area contributed by atoms with Gasteiger partial charge in [-0.05, 0) is 36.9 Å². The molecule has 140 valence electrons. The molecule has 0 radical (unpaired) electrons. The minimum absolute atomic E-state index is 0.121. The highest BCUT2D eigenvalue weighted by atomic mass is 16.5. The number of nitrogens with one attached hydrogen (secondary N) is 1. The summed E-state index contributed by atoms with van der Waals surface area (Å²) < 4.78 is 5.43.